The summed E-state index contributed by atoms with van der Waals surface area (Å²) < 4.78 is 14.1. The number of morpholine rings is 1. The molecular weight excluding hydrogens is 420 g/mol. The van der Waals surface area contributed by atoms with Crippen LogP contribution >= 0.6 is 0 Å². The molecule has 0 bridgehead atoms. The standard InChI is InChI=1S/C23H26N6O3.CH4/c1-15-10-27(11-16(2)32-15)13-18-6-9-20-21-24-14-25-29(21)23(30)28(22(20)26-18)12-17-4-7-19(31-3)8-5-17;/h4-9,14-16H,10-13H2,1-3H3;1H4/t15-,16+;. The van der Waals surface area contributed by atoms with Crippen molar-refractivity contribution in [3.8, 4) is 5.75 Å². The highest BCUT2D eigenvalue weighted by Crippen LogP contribution is 2.20. The second-order valence-corrected chi connectivity index (χ2v) is 8.34. The molecule has 0 spiro atoms. The van der Waals surface area contributed by atoms with E-state index in [1.54, 1.807) is 11.7 Å². The maximum atomic E-state index is 13.3. The van der Waals surface area contributed by atoms with Crippen molar-refractivity contribution < 1.29 is 9.47 Å². The fourth-order valence-corrected chi connectivity index (χ4v) is 4.42. The lowest BCUT2D eigenvalue weighted by Gasteiger charge is -2.35. The van der Waals surface area contributed by atoms with Gasteiger partial charge in [0.25, 0.3) is 0 Å². The molecule has 9 heteroatoms. The average molecular weight is 451 g/mol. The summed E-state index contributed by atoms with van der Waals surface area (Å²) in [5, 5.41) is 4.93. The first kappa shape index (κ1) is 22.9. The number of aromatic nitrogens is 5. The van der Waals surface area contributed by atoms with Crippen molar-refractivity contribution in [1.29, 1.82) is 0 Å². The smallest absolute Gasteiger partial charge is 0.352 e. The summed E-state index contributed by atoms with van der Waals surface area (Å²) in [4.78, 5) is 24.8. The van der Waals surface area contributed by atoms with Gasteiger partial charge in [-0.05, 0) is 43.7 Å². The Morgan fingerprint density at radius 2 is 1.76 bits per heavy atom. The van der Waals surface area contributed by atoms with Crippen molar-refractivity contribution >= 4 is 16.7 Å². The summed E-state index contributed by atoms with van der Waals surface area (Å²) in [5.74, 6) is 0.770. The van der Waals surface area contributed by atoms with E-state index in [0.29, 0.717) is 24.4 Å². The van der Waals surface area contributed by atoms with Crippen LogP contribution in [0.2, 0.25) is 0 Å². The molecule has 9 nitrogen and oxygen atoms in total. The van der Waals surface area contributed by atoms with Crippen molar-refractivity contribution in [2.24, 2.45) is 0 Å². The average Bonchev–Trinajstić information content (AvgIpc) is 3.27. The summed E-state index contributed by atoms with van der Waals surface area (Å²) in [6.07, 6.45) is 1.77. The van der Waals surface area contributed by atoms with E-state index in [-0.39, 0.29) is 25.3 Å². The highest BCUT2D eigenvalue weighted by molar-refractivity contribution is 5.88. The maximum Gasteiger partial charge on any atom is 0.352 e. The van der Waals surface area contributed by atoms with E-state index in [1.165, 1.54) is 10.8 Å². The Morgan fingerprint density at radius 3 is 2.45 bits per heavy atom. The minimum atomic E-state index is -0.265. The predicted octanol–water partition coefficient (Wildman–Crippen LogP) is 2.74. The molecule has 1 aromatic carbocycles. The Kier molecular flexibility index (Phi) is 6.44. The summed E-state index contributed by atoms with van der Waals surface area (Å²) in [5.41, 5.74) is 2.74. The molecule has 4 heterocycles. The molecule has 0 aliphatic carbocycles. The fraction of sp³-hybridized carbons (Fsp3) is 0.417. The summed E-state index contributed by atoms with van der Waals surface area (Å²) >= 11 is 0. The fourth-order valence-electron chi connectivity index (χ4n) is 4.42. The first-order valence-corrected chi connectivity index (χ1v) is 10.7. The SMILES string of the molecule is C.COc1ccc(Cn2c(=O)n3ncnc3c3ccc(CN4C[C@@H](C)O[C@@H](C)C4)nc32)cc1. The number of nitrogens with zero attached hydrogens (tertiary/aromatic N) is 6. The number of benzene rings is 1. The van der Waals surface area contributed by atoms with Gasteiger partial charge in [0, 0.05) is 19.6 Å². The van der Waals surface area contributed by atoms with Gasteiger partial charge in [-0.15, -0.1) is 0 Å². The van der Waals surface area contributed by atoms with Crippen LogP contribution in [-0.2, 0) is 17.8 Å². The van der Waals surface area contributed by atoms with Crippen LogP contribution in [0.4, 0.5) is 0 Å². The monoisotopic (exact) mass is 450 g/mol. The largest absolute Gasteiger partial charge is 0.497 e. The van der Waals surface area contributed by atoms with Crippen molar-refractivity contribution in [2.75, 3.05) is 20.2 Å². The number of pyridine rings is 1. The van der Waals surface area contributed by atoms with E-state index in [4.69, 9.17) is 14.5 Å². The van der Waals surface area contributed by atoms with E-state index in [1.807, 2.05) is 36.4 Å². The van der Waals surface area contributed by atoms with E-state index in [9.17, 15) is 4.79 Å². The quantitative estimate of drug-likeness (QED) is 0.462. The topological polar surface area (TPSA) is 86.8 Å². The summed E-state index contributed by atoms with van der Waals surface area (Å²) in [6.45, 7) is 6.95. The maximum absolute atomic E-state index is 13.3. The molecule has 0 radical (unpaired) electrons. The molecule has 3 aromatic heterocycles. The van der Waals surface area contributed by atoms with E-state index in [2.05, 4.69) is 28.8 Å². The first-order chi connectivity index (χ1) is 15.5. The minimum Gasteiger partial charge on any atom is -0.497 e. The third-order valence-electron chi connectivity index (χ3n) is 5.77. The highest BCUT2D eigenvalue weighted by Gasteiger charge is 2.23. The Balaban J connectivity index is 0.00000259. The van der Waals surface area contributed by atoms with Crippen LogP contribution in [0.25, 0.3) is 16.7 Å². The molecule has 1 fully saturated rings. The number of fused-ring (bicyclic) bond motifs is 3. The summed E-state index contributed by atoms with van der Waals surface area (Å²) in [7, 11) is 1.63. The molecule has 174 valence electrons. The van der Waals surface area contributed by atoms with Gasteiger partial charge < -0.3 is 9.47 Å². The minimum absolute atomic E-state index is 0. The third-order valence-corrected chi connectivity index (χ3v) is 5.77. The van der Waals surface area contributed by atoms with Crippen LogP contribution in [0.3, 0.4) is 0 Å². The second-order valence-electron chi connectivity index (χ2n) is 8.34. The number of rotatable bonds is 5. The van der Waals surface area contributed by atoms with Gasteiger partial charge in [-0.1, -0.05) is 19.6 Å². The molecule has 0 N–H and O–H groups in total. The first-order valence-electron chi connectivity index (χ1n) is 10.7. The number of hydrogen-bond acceptors (Lipinski definition) is 7. The van der Waals surface area contributed by atoms with E-state index in [0.717, 1.165) is 35.5 Å². The van der Waals surface area contributed by atoms with E-state index < -0.39 is 0 Å². The van der Waals surface area contributed by atoms with Crippen LogP contribution in [0.15, 0.2) is 47.5 Å². The van der Waals surface area contributed by atoms with Crippen molar-refractivity contribution in [3.05, 3.63) is 64.5 Å². The normalized spacial score (nSPS) is 19.0. The Morgan fingerprint density at radius 1 is 1.03 bits per heavy atom. The molecule has 2 atom stereocenters. The lowest BCUT2D eigenvalue weighted by atomic mass is 10.2. The molecule has 1 aliphatic rings. The van der Waals surface area contributed by atoms with Gasteiger partial charge in [0.1, 0.15) is 17.7 Å². The van der Waals surface area contributed by atoms with Gasteiger partial charge in [-0.3, -0.25) is 9.47 Å². The lowest BCUT2D eigenvalue weighted by Crippen LogP contribution is -2.44. The molecule has 33 heavy (non-hydrogen) atoms. The van der Waals surface area contributed by atoms with E-state index >= 15 is 0 Å². The van der Waals surface area contributed by atoms with Gasteiger partial charge >= 0.3 is 5.69 Å². The van der Waals surface area contributed by atoms with Crippen LogP contribution in [0, 0.1) is 0 Å². The number of hydrogen-bond donors (Lipinski definition) is 0. The van der Waals surface area contributed by atoms with Crippen molar-refractivity contribution in [1.82, 2.24) is 29.0 Å². The zero-order chi connectivity index (χ0) is 22.2. The predicted molar refractivity (Wildman–Crippen MR) is 127 cm³/mol. The molecule has 4 aromatic rings. The van der Waals surface area contributed by atoms with Crippen LogP contribution in [0.1, 0.15) is 32.5 Å². The molecule has 1 aliphatic heterocycles. The van der Waals surface area contributed by atoms with Gasteiger partial charge in [-0.2, -0.15) is 9.61 Å². The Bertz CT molecular complexity index is 1300. The zero-order valence-electron chi connectivity index (χ0n) is 18.4. The third kappa shape index (κ3) is 4.46. The van der Waals surface area contributed by atoms with Gasteiger partial charge in [-0.25, -0.2) is 14.8 Å². The number of ether oxygens (including phenoxy) is 2. The van der Waals surface area contributed by atoms with Gasteiger partial charge in [0.15, 0.2) is 5.65 Å². The molecule has 0 amide bonds. The van der Waals surface area contributed by atoms with Crippen LogP contribution in [-0.4, -0.2) is 61.5 Å². The molecule has 0 unspecified atom stereocenters. The zero-order valence-corrected chi connectivity index (χ0v) is 18.4. The van der Waals surface area contributed by atoms with Crippen molar-refractivity contribution in [2.45, 2.75) is 46.6 Å². The Hall–Kier alpha value is -3.30. The summed E-state index contributed by atoms with van der Waals surface area (Å²) in [6, 6.07) is 11.7. The lowest BCUT2D eigenvalue weighted by molar-refractivity contribution is -0.0707. The van der Waals surface area contributed by atoms with Gasteiger partial charge in [0.05, 0.1) is 36.9 Å². The highest BCUT2D eigenvalue weighted by atomic mass is 16.5. The second kappa shape index (κ2) is 9.29. The van der Waals surface area contributed by atoms with Gasteiger partial charge in [0.2, 0.25) is 0 Å². The van der Waals surface area contributed by atoms with Crippen molar-refractivity contribution in [3.63, 3.8) is 0 Å². The van der Waals surface area contributed by atoms with Crippen LogP contribution in [0.5, 0.6) is 5.75 Å². The molecule has 5 rings (SSSR count). The Labute approximate surface area is 192 Å². The molecule has 1 saturated heterocycles. The molecular formula is C24H30N6O3. The molecule has 0 saturated carbocycles. The van der Waals surface area contributed by atoms with Crippen LogP contribution < -0.4 is 10.4 Å². The number of methoxy groups -OCH3 is 1.